The number of piperidine rings is 1. The van der Waals surface area contributed by atoms with Crippen molar-refractivity contribution in [3.8, 4) is 11.5 Å². The van der Waals surface area contributed by atoms with Gasteiger partial charge in [-0.15, -0.1) is 10.2 Å². The molecular weight excluding hydrogens is 412 g/mol. The summed E-state index contributed by atoms with van der Waals surface area (Å²) in [6.45, 7) is 3.66. The lowest BCUT2D eigenvalue weighted by atomic mass is 9.96. The zero-order valence-electron chi connectivity index (χ0n) is 15.5. The van der Waals surface area contributed by atoms with Crippen LogP contribution >= 0.6 is 15.9 Å². The molecule has 0 aliphatic carbocycles. The Morgan fingerprint density at radius 3 is 2.93 bits per heavy atom. The van der Waals surface area contributed by atoms with Gasteiger partial charge in [-0.2, -0.15) is 0 Å². The molecule has 8 heteroatoms. The summed E-state index contributed by atoms with van der Waals surface area (Å²) in [5.41, 5.74) is 0.895. The summed E-state index contributed by atoms with van der Waals surface area (Å²) < 4.78 is 11.8. The van der Waals surface area contributed by atoms with Crippen molar-refractivity contribution in [2.45, 2.75) is 25.8 Å². The van der Waals surface area contributed by atoms with E-state index in [-0.39, 0.29) is 11.8 Å². The van der Waals surface area contributed by atoms with Gasteiger partial charge in [-0.3, -0.25) is 9.69 Å². The molecule has 3 rings (SSSR count). The molecule has 0 bridgehead atoms. The van der Waals surface area contributed by atoms with Crippen molar-refractivity contribution in [3.05, 3.63) is 34.6 Å². The van der Waals surface area contributed by atoms with E-state index in [1.54, 1.807) is 7.11 Å². The van der Waals surface area contributed by atoms with E-state index in [1.807, 2.05) is 24.3 Å². The lowest BCUT2D eigenvalue weighted by Crippen LogP contribution is -2.40. The van der Waals surface area contributed by atoms with Crippen LogP contribution in [0, 0.1) is 5.92 Å². The summed E-state index contributed by atoms with van der Waals surface area (Å²) in [6, 6.07) is 7.79. The second kappa shape index (κ2) is 9.96. The Balaban J connectivity index is 1.45. The van der Waals surface area contributed by atoms with Crippen LogP contribution in [0.4, 0.5) is 0 Å². The number of carbonyl (C=O) groups is 1. The second-order valence-corrected chi connectivity index (χ2v) is 7.61. The number of likely N-dealkylation sites (tertiary alicyclic amines) is 1. The lowest BCUT2D eigenvalue weighted by molar-refractivity contribution is -0.126. The molecule has 7 nitrogen and oxygen atoms in total. The molecule has 0 radical (unpaired) electrons. The fourth-order valence-electron chi connectivity index (χ4n) is 3.17. The number of nitrogens with zero attached hydrogens (tertiary/aromatic N) is 3. The van der Waals surface area contributed by atoms with E-state index >= 15 is 0 Å². The predicted octanol–water partition coefficient (Wildman–Crippen LogP) is 2.86. The van der Waals surface area contributed by atoms with Gasteiger partial charge in [0.05, 0.1) is 6.54 Å². The molecule has 0 saturated carbocycles. The van der Waals surface area contributed by atoms with Gasteiger partial charge in [0.2, 0.25) is 17.7 Å². The summed E-state index contributed by atoms with van der Waals surface area (Å²) in [5.74, 6) is 1.37. The minimum absolute atomic E-state index is 0.0868. The minimum Gasteiger partial charge on any atom is -0.419 e. The number of nitrogens with one attached hydrogen (secondary N) is 1. The second-order valence-electron chi connectivity index (χ2n) is 6.70. The van der Waals surface area contributed by atoms with Crippen LogP contribution in [0.5, 0.6) is 0 Å². The topological polar surface area (TPSA) is 80.5 Å². The Morgan fingerprint density at radius 2 is 2.19 bits per heavy atom. The molecule has 0 spiro atoms. The fourth-order valence-corrected chi connectivity index (χ4v) is 3.57. The van der Waals surface area contributed by atoms with Crippen molar-refractivity contribution < 1.29 is 13.9 Å². The van der Waals surface area contributed by atoms with Gasteiger partial charge in [0.15, 0.2) is 0 Å². The number of amides is 1. The molecule has 1 aliphatic rings. The first-order valence-electron chi connectivity index (χ1n) is 9.23. The quantitative estimate of drug-likeness (QED) is 0.640. The molecule has 0 unspecified atom stereocenters. The van der Waals surface area contributed by atoms with Gasteiger partial charge in [0.1, 0.15) is 0 Å². The number of benzene rings is 1. The SMILES string of the molecule is COCCCNC(=O)C1CCN(Cc2nnc(-c3cccc(Br)c3)o2)CC1. The molecule has 1 amide bonds. The number of hydrogen-bond acceptors (Lipinski definition) is 6. The molecule has 1 aromatic carbocycles. The molecule has 1 saturated heterocycles. The van der Waals surface area contributed by atoms with E-state index in [2.05, 4.69) is 36.3 Å². The summed E-state index contributed by atoms with van der Waals surface area (Å²) in [6.07, 6.45) is 2.55. The van der Waals surface area contributed by atoms with Crippen molar-refractivity contribution in [1.82, 2.24) is 20.4 Å². The Bertz CT molecular complexity index is 744. The van der Waals surface area contributed by atoms with Crippen LogP contribution in [0.3, 0.4) is 0 Å². The highest BCUT2D eigenvalue weighted by molar-refractivity contribution is 9.10. The number of carbonyl (C=O) groups excluding carboxylic acids is 1. The summed E-state index contributed by atoms with van der Waals surface area (Å²) in [4.78, 5) is 14.5. The average Bonchev–Trinajstić information content (AvgIpc) is 3.14. The molecule has 1 aliphatic heterocycles. The van der Waals surface area contributed by atoms with E-state index in [9.17, 15) is 4.79 Å². The highest BCUT2D eigenvalue weighted by atomic mass is 79.9. The predicted molar refractivity (Wildman–Crippen MR) is 105 cm³/mol. The molecule has 2 heterocycles. The molecule has 1 aromatic heterocycles. The average molecular weight is 437 g/mol. The Hall–Kier alpha value is -1.77. The van der Waals surface area contributed by atoms with Crippen LogP contribution in [0.25, 0.3) is 11.5 Å². The van der Waals surface area contributed by atoms with Crippen LogP contribution in [0.2, 0.25) is 0 Å². The number of methoxy groups -OCH3 is 1. The molecule has 0 atom stereocenters. The van der Waals surface area contributed by atoms with Gasteiger partial charge in [0.25, 0.3) is 0 Å². The monoisotopic (exact) mass is 436 g/mol. The molecule has 146 valence electrons. The van der Waals surface area contributed by atoms with Gasteiger partial charge in [0, 0.05) is 36.2 Å². The van der Waals surface area contributed by atoms with E-state index in [0.29, 0.717) is 31.5 Å². The van der Waals surface area contributed by atoms with Gasteiger partial charge in [-0.1, -0.05) is 22.0 Å². The van der Waals surface area contributed by atoms with Gasteiger partial charge < -0.3 is 14.5 Å². The third-order valence-corrected chi connectivity index (χ3v) is 5.17. The third-order valence-electron chi connectivity index (χ3n) is 4.68. The first kappa shape index (κ1) is 20.0. The van der Waals surface area contributed by atoms with E-state index in [4.69, 9.17) is 9.15 Å². The number of rotatable bonds is 8. The highest BCUT2D eigenvalue weighted by Gasteiger charge is 2.25. The Morgan fingerprint density at radius 1 is 1.37 bits per heavy atom. The molecule has 2 aromatic rings. The maximum Gasteiger partial charge on any atom is 0.247 e. The standard InChI is InChI=1S/C19H25BrN4O3/c1-26-11-3-8-21-18(25)14-6-9-24(10-7-14)13-17-22-23-19(27-17)15-4-2-5-16(20)12-15/h2,4-5,12,14H,3,6-11,13H2,1H3,(H,21,25). The van der Waals surface area contributed by atoms with Crippen LogP contribution in [-0.4, -0.2) is 54.4 Å². The third kappa shape index (κ3) is 5.85. The summed E-state index contributed by atoms with van der Waals surface area (Å²) in [7, 11) is 1.67. The van der Waals surface area contributed by atoms with Gasteiger partial charge in [-0.25, -0.2) is 0 Å². The normalized spacial score (nSPS) is 15.8. The first-order chi connectivity index (χ1) is 13.2. The van der Waals surface area contributed by atoms with Crippen LogP contribution in [-0.2, 0) is 16.1 Å². The maximum atomic E-state index is 12.2. The van der Waals surface area contributed by atoms with Crippen LogP contribution in [0.1, 0.15) is 25.2 Å². The summed E-state index contributed by atoms with van der Waals surface area (Å²) >= 11 is 3.45. The van der Waals surface area contributed by atoms with E-state index < -0.39 is 0 Å². The van der Waals surface area contributed by atoms with Crippen molar-refractivity contribution in [2.24, 2.45) is 5.92 Å². The van der Waals surface area contributed by atoms with Crippen LogP contribution in [0.15, 0.2) is 33.2 Å². The highest BCUT2D eigenvalue weighted by Crippen LogP contribution is 2.23. The minimum atomic E-state index is 0.0868. The van der Waals surface area contributed by atoms with Crippen molar-refractivity contribution in [1.29, 1.82) is 0 Å². The number of aromatic nitrogens is 2. The van der Waals surface area contributed by atoms with Gasteiger partial charge in [-0.05, 0) is 50.6 Å². The smallest absolute Gasteiger partial charge is 0.247 e. The number of ether oxygens (including phenoxy) is 1. The maximum absolute atomic E-state index is 12.2. The number of hydrogen-bond donors (Lipinski definition) is 1. The van der Waals surface area contributed by atoms with E-state index in [1.165, 1.54) is 0 Å². The largest absolute Gasteiger partial charge is 0.419 e. The van der Waals surface area contributed by atoms with Crippen molar-refractivity contribution in [2.75, 3.05) is 33.4 Å². The molecule has 1 N–H and O–H groups in total. The molecular formula is C19H25BrN4O3. The molecule has 27 heavy (non-hydrogen) atoms. The lowest BCUT2D eigenvalue weighted by Gasteiger charge is -2.30. The van der Waals surface area contributed by atoms with Crippen LogP contribution < -0.4 is 5.32 Å². The van der Waals surface area contributed by atoms with E-state index in [0.717, 1.165) is 42.4 Å². The van der Waals surface area contributed by atoms with Gasteiger partial charge >= 0.3 is 0 Å². The number of halogens is 1. The zero-order valence-corrected chi connectivity index (χ0v) is 17.1. The Kier molecular flexibility index (Phi) is 7.37. The Labute approximate surface area is 167 Å². The first-order valence-corrected chi connectivity index (χ1v) is 10.0. The van der Waals surface area contributed by atoms with Crippen molar-refractivity contribution in [3.63, 3.8) is 0 Å². The summed E-state index contributed by atoms with van der Waals surface area (Å²) in [5, 5.41) is 11.3. The fraction of sp³-hybridized carbons (Fsp3) is 0.526. The zero-order chi connectivity index (χ0) is 19.1. The molecule has 1 fully saturated rings. The van der Waals surface area contributed by atoms with Crippen molar-refractivity contribution >= 4 is 21.8 Å².